The van der Waals surface area contributed by atoms with Crippen molar-refractivity contribution in [3.8, 4) is 21.7 Å². The molecule has 2 aliphatic heterocycles. The van der Waals surface area contributed by atoms with Crippen molar-refractivity contribution in [2.45, 2.75) is 73.0 Å². The molecule has 2 saturated carbocycles. The van der Waals surface area contributed by atoms with Gasteiger partial charge in [0, 0.05) is 61.8 Å². The number of likely N-dealkylation sites (tertiary alicyclic amines) is 2. The normalized spacial score (nSPS) is 23.3. The van der Waals surface area contributed by atoms with Crippen LogP contribution in [-0.2, 0) is 26.4 Å². The lowest BCUT2D eigenvalue weighted by Gasteiger charge is -2.16. The van der Waals surface area contributed by atoms with Gasteiger partial charge in [-0.3, -0.25) is 0 Å². The summed E-state index contributed by atoms with van der Waals surface area (Å²) < 4.78 is 80.8. The highest BCUT2D eigenvalue weighted by atomic mass is 32.2. The summed E-state index contributed by atoms with van der Waals surface area (Å²) in [5.41, 5.74) is 1.49. The topological polar surface area (TPSA) is 93.7 Å². The monoisotopic (exact) mass is 958 g/mol. The fourth-order valence-electron chi connectivity index (χ4n) is 9.52. The van der Waals surface area contributed by atoms with Crippen LogP contribution in [0.5, 0.6) is 0 Å². The number of nitrogens with zero attached hydrogens (tertiary/aromatic N) is 10. The van der Waals surface area contributed by atoms with Crippen LogP contribution >= 0.6 is 46.2 Å². The number of hydrogen-bond donors (Lipinski definition) is 0. The van der Waals surface area contributed by atoms with Crippen LogP contribution in [-0.4, -0.2) is 100 Å². The summed E-state index contributed by atoms with van der Waals surface area (Å²) in [6.45, 7) is 6.29. The average molecular weight is 959 g/mol. The number of alkyl halides is 6. The molecule has 0 bridgehead atoms. The van der Waals surface area contributed by atoms with Crippen LogP contribution in [0.15, 0.2) is 82.0 Å². The highest BCUT2D eigenvalue weighted by Crippen LogP contribution is 2.65. The lowest BCUT2D eigenvalue weighted by Crippen LogP contribution is -2.23. The minimum atomic E-state index is -4.27. The third-order valence-electron chi connectivity index (χ3n) is 13.2. The second-order valence-electron chi connectivity index (χ2n) is 17.3. The highest BCUT2D eigenvalue weighted by molar-refractivity contribution is 7.99. The van der Waals surface area contributed by atoms with Crippen LogP contribution in [0.25, 0.3) is 21.7 Å². The van der Waals surface area contributed by atoms with E-state index in [1.165, 1.54) is 24.3 Å². The Kier molecular flexibility index (Phi) is 13.1. The van der Waals surface area contributed by atoms with Crippen LogP contribution in [0.4, 0.5) is 26.3 Å². The van der Waals surface area contributed by atoms with Gasteiger partial charge in [0.1, 0.15) is 0 Å². The summed E-state index contributed by atoms with van der Waals surface area (Å²) in [6.07, 6.45) is 1.56. The molecule has 4 fully saturated rings. The summed E-state index contributed by atoms with van der Waals surface area (Å²) >= 11 is 6.53. The first-order valence-corrected chi connectivity index (χ1v) is 25.1. The number of thioether (sulfide) groups is 2. The summed E-state index contributed by atoms with van der Waals surface area (Å²) in [7, 11) is 3.94. The summed E-state index contributed by atoms with van der Waals surface area (Å²) in [6, 6.07) is 11.6. The van der Waals surface area contributed by atoms with Crippen molar-refractivity contribution in [3.05, 3.63) is 93.9 Å². The predicted molar refractivity (Wildman–Crippen MR) is 239 cm³/mol. The Balaban J connectivity index is 0.000000162. The number of benzene rings is 2. The van der Waals surface area contributed by atoms with E-state index in [0.29, 0.717) is 11.8 Å². The quantitative estimate of drug-likeness (QED) is 0.0597. The van der Waals surface area contributed by atoms with E-state index in [-0.39, 0.29) is 10.8 Å². The second-order valence-corrected chi connectivity index (χ2v) is 21.3. The van der Waals surface area contributed by atoms with Gasteiger partial charge in [0.15, 0.2) is 32.0 Å². The van der Waals surface area contributed by atoms with Crippen molar-refractivity contribution < 1.29 is 26.3 Å². The molecule has 2 saturated heterocycles. The number of thiazole rings is 2. The van der Waals surface area contributed by atoms with Gasteiger partial charge in [-0.1, -0.05) is 47.8 Å². The maximum absolute atomic E-state index is 12.8. The maximum atomic E-state index is 12.8. The van der Waals surface area contributed by atoms with Gasteiger partial charge in [-0.05, 0) is 123 Å². The lowest BCUT2D eigenvalue weighted by molar-refractivity contribution is -0.138. The molecule has 2 aliphatic carbocycles. The van der Waals surface area contributed by atoms with Gasteiger partial charge >= 0.3 is 12.4 Å². The number of halogens is 6. The summed E-state index contributed by atoms with van der Waals surface area (Å²) in [5.74, 6) is 4.32. The molecule has 4 aliphatic rings. The zero-order valence-electron chi connectivity index (χ0n) is 35.4. The Morgan fingerprint density at radius 1 is 0.609 bits per heavy atom. The number of aromatic nitrogens is 8. The van der Waals surface area contributed by atoms with E-state index in [4.69, 9.17) is 0 Å². The Morgan fingerprint density at radius 2 is 1.02 bits per heavy atom. The van der Waals surface area contributed by atoms with Crippen LogP contribution in [0.1, 0.15) is 72.6 Å². The summed E-state index contributed by atoms with van der Waals surface area (Å²) in [5, 5.41) is 24.5. The molecule has 2 aromatic carbocycles. The molecule has 0 N–H and O–H groups in total. The molecule has 64 heavy (non-hydrogen) atoms. The average Bonchev–Trinajstić information content (AvgIpc) is 3.78. The molecule has 4 aromatic heterocycles. The Labute approximate surface area is 384 Å². The standard InChI is InChI=1S/2C22H24F3N5S2/c2*1-29-18(19-26-8-12-31-19)27-28-20(29)32-11-2-9-30-10-7-21(14-30)13-17(21)15-3-5-16(6-4-15)22(23,24)25/h2*3-6,8,12,17H,2,7,9-11,13-14H2,1H3/t2*17-,21+/m10/s1. The van der Waals surface area contributed by atoms with Crippen LogP contribution in [0, 0.1) is 10.8 Å². The first kappa shape index (κ1) is 45.3. The van der Waals surface area contributed by atoms with E-state index >= 15 is 0 Å². The third kappa shape index (κ3) is 9.96. The first-order chi connectivity index (χ1) is 30.7. The first-order valence-electron chi connectivity index (χ1n) is 21.3. The molecular formula is C44H48F6N10S4. The van der Waals surface area contributed by atoms with Crippen LogP contribution < -0.4 is 0 Å². The minimum absolute atomic E-state index is 0.263. The van der Waals surface area contributed by atoms with Gasteiger partial charge in [0.25, 0.3) is 0 Å². The van der Waals surface area contributed by atoms with E-state index in [9.17, 15) is 26.3 Å². The fourth-order valence-corrected chi connectivity index (χ4v) is 12.5. The molecule has 2 spiro atoms. The van der Waals surface area contributed by atoms with Crippen LogP contribution in [0.2, 0.25) is 0 Å². The van der Waals surface area contributed by atoms with Crippen molar-refractivity contribution in [2.24, 2.45) is 24.9 Å². The number of hydrogen-bond acceptors (Lipinski definition) is 12. The van der Waals surface area contributed by atoms with Gasteiger partial charge in [-0.15, -0.1) is 43.1 Å². The molecule has 6 heterocycles. The van der Waals surface area contributed by atoms with Crippen molar-refractivity contribution in [1.82, 2.24) is 49.3 Å². The van der Waals surface area contributed by atoms with Gasteiger partial charge in [0.05, 0.1) is 11.1 Å². The van der Waals surface area contributed by atoms with E-state index in [1.807, 2.05) is 34.0 Å². The molecule has 340 valence electrons. The Hall–Kier alpha value is -3.82. The van der Waals surface area contributed by atoms with E-state index < -0.39 is 23.5 Å². The van der Waals surface area contributed by atoms with E-state index in [0.717, 1.165) is 132 Å². The van der Waals surface area contributed by atoms with Crippen molar-refractivity contribution in [2.75, 3.05) is 50.8 Å². The van der Waals surface area contributed by atoms with Crippen molar-refractivity contribution in [1.29, 1.82) is 0 Å². The molecule has 0 amide bonds. The highest BCUT2D eigenvalue weighted by Gasteiger charge is 2.58. The molecule has 20 heteroatoms. The van der Waals surface area contributed by atoms with Crippen molar-refractivity contribution in [3.63, 3.8) is 0 Å². The van der Waals surface area contributed by atoms with Gasteiger partial charge < -0.3 is 18.9 Å². The smallest absolute Gasteiger partial charge is 0.303 e. The summed E-state index contributed by atoms with van der Waals surface area (Å²) in [4.78, 5) is 13.6. The molecule has 6 aromatic rings. The molecule has 10 nitrogen and oxygen atoms in total. The zero-order chi connectivity index (χ0) is 44.7. The molecule has 10 rings (SSSR count). The van der Waals surface area contributed by atoms with Gasteiger partial charge in [-0.2, -0.15) is 26.3 Å². The van der Waals surface area contributed by atoms with E-state index in [2.05, 4.69) is 40.2 Å². The zero-order valence-corrected chi connectivity index (χ0v) is 38.6. The second kappa shape index (κ2) is 18.5. The third-order valence-corrected chi connectivity index (χ3v) is 17.0. The Morgan fingerprint density at radius 3 is 1.38 bits per heavy atom. The maximum Gasteiger partial charge on any atom is 0.416 e. The van der Waals surface area contributed by atoms with Crippen molar-refractivity contribution >= 4 is 46.2 Å². The molecule has 4 atom stereocenters. The SMILES string of the molecule is Cn1c(SCCCN2CC[C@@]3(C[C@H]3c3ccc(C(F)(F)F)cc3)C2)nnc1-c1nccs1.Cn1c(SCCCN2CC[C@]3(C[C@@H]3c3ccc(C(F)(F)F)cc3)C2)nnc1-c1nccs1. The molecular weight excluding hydrogens is 911 g/mol. The lowest BCUT2D eigenvalue weighted by atomic mass is 9.97. The fraction of sp³-hybridized carbons (Fsp3) is 0.500. The van der Waals surface area contributed by atoms with Gasteiger partial charge in [-0.25, -0.2) is 9.97 Å². The minimum Gasteiger partial charge on any atom is -0.303 e. The van der Waals surface area contributed by atoms with E-state index in [1.54, 1.807) is 82.9 Å². The predicted octanol–water partition coefficient (Wildman–Crippen LogP) is 10.6. The van der Waals surface area contributed by atoms with Gasteiger partial charge in [0.2, 0.25) is 0 Å². The Bertz CT molecular complexity index is 2300. The largest absolute Gasteiger partial charge is 0.416 e. The number of rotatable bonds is 14. The molecule has 0 unspecified atom stereocenters. The van der Waals surface area contributed by atoms with Crippen LogP contribution in [0.3, 0.4) is 0 Å². The molecule has 0 radical (unpaired) electrons.